The molecule has 2 aromatic carbocycles. The second-order valence-corrected chi connectivity index (χ2v) is 8.76. The Morgan fingerprint density at radius 1 is 0.867 bits per heavy atom. The van der Waals surface area contributed by atoms with Crippen molar-refractivity contribution in [2.75, 3.05) is 47.4 Å². The minimum absolute atomic E-state index is 0.776. The fraction of sp³-hybridized carbons (Fsp3) is 0.304. The van der Waals surface area contributed by atoms with E-state index < -0.39 is 10.5 Å². The molecule has 2 aromatic rings. The predicted octanol–water partition coefficient (Wildman–Crippen LogP) is 3.48. The van der Waals surface area contributed by atoms with Crippen molar-refractivity contribution >= 4 is 31.5 Å². The molecule has 2 heterocycles. The SMILES string of the molecule is COc1ccc(C2=C(c3ccc(OC)cc3)S(=C=O)C(N3CCN(C)CC3)=N2)cc1. The summed E-state index contributed by atoms with van der Waals surface area (Å²) in [5.74, 6) is 1.56. The Bertz CT molecular complexity index is 1030. The number of carbonyl (C=O) groups excluding carboxylic acids is 1. The highest BCUT2D eigenvalue weighted by atomic mass is 32.2. The molecule has 7 heteroatoms. The van der Waals surface area contributed by atoms with Gasteiger partial charge in [0.05, 0.1) is 24.8 Å². The van der Waals surface area contributed by atoms with E-state index in [2.05, 4.69) is 22.1 Å². The third-order valence-corrected chi connectivity index (χ3v) is 7.10. The van der Waals surface area contributed by atoms with Crippen LogP contribution in [0.2, 0.25) is 0 Å². The Kier molecular flexibility index (Phi) is 6.04. The lowest BCUT2D eigenvalue weighted by molar-refractivity contribution is 0.218. The summed E-state index contributed by atoms with van der Waals surface area (Å²) in [6.07, 6.45) is 0. The van der Waals surface area contributed by atoms with Gasteiger partial charge in [-0.25, -0.2) is 9.79 Å². The fourth-order valence-corrected chi connectivity index (χ4v) is 5.29. The maximum atomic E-state index is 12.2. The van der Waals surface area contributed by atoms with E-state index in [-0.39, 0.29) is 0 Å². The van der Waals surface area contributed by atoms with E-state index in [4.69, 9.17) is 14.5 Å². The molecule has 1 fully saturated rings. The molecule has 1 saturated heterocycles. The summed E-state index contributed by atoms with van der Waals surface area (Å²) in [7, 11) is 4.55. The van der Waals surface area contributed by atoms with Gasteiger partial charge in [-0.1, -0.05) is 12.1 Å². The molecule has 156 valence electrons. The van der Waals surface area contributed by atoms with E-state index >= 15 is 0 Å². The zero-order valence-corrected chi connectivity index (χ0v) is 18.2. The molecule has 1 unspecified atom stereocenters. The van der Waals surface area contributed by atoms with E-state index in [1.807, 2.05) is 48.5 Å². The van der Waals surface area contributed by atoms with Crippen molar-refractivity contribution in [2.24, 2.45) is 4.99 Å². The highest BCUT2D eigenvalue weighted by Crippen LogP contribution is 2.47. The Morgan fingerprint density at radius 3 is 1.90 bits per heavy atom. The topological polar surface area (TPSA) is 54.4 Å². The first kappa shape index (κ1) is 20.4. The van der Waals surface area contributed by atoms with Gasteiger partial charge < -0.3 is 19.3 Å². The molecule has 0 radical (unpaired) electrons. The van der Waals surface area contributed by atoms with Gasteiger partial charge in [-0.15, -0.1) is 0 Å². The Hall–Kier alpha value is -2.86. The smallest absolute Gasteiger partial charge is 0.173 e. The zero-order valence-electron chi connectivity index (χ0n) is 17.4. The Balaban J connectivity index is 1.81. The molecule has 2 aliphatic heterocycles. The van der Waals surface area contributed by atoms with Gasteiger partial charge in [0, 0.05) is 31.7 Å². The number of amidine groups is 1. The van der Waals surface area contributed by atoms with Crippen molar-refractivity contribution in [3.63, 3.8) is 0 Å². The van der Waals surface area contributed by atoms with Crippen LogP contribution in [0.1, 0.15) is 11.1 Å². The number of hydrogen-bond acceptors (Lipinski definition) is 6. The number of ether oxygens (including phenoxy) is 2. The monoisotopic (exact) mass is 423 g/mol. The number of piperazine rings is 1. The van der Waals surface area contributed by atoms with E-state index in [0.29, 0.717) is 0 Å². The fourth-order valence-electron chi connectivity index (χ4n) is 3.60. The number of rotatable bonds is 4. The van der Waals surface area contributed by atoms with Crippen molar-refractivity contribution in [3.8, 4) is 11.5 Å². The van der Waals surface area contributed by atoms with Gasteiger partial charge in [0.2, 0.25) is 0 Å². The highest BCUT2D eigenvalue weighted by molar-refractivity contribution is 8.34. The Labute approximate surface area is 179 Å². The second kappa shape index (κ2) is 8.88. The van der Waals surface area contributed by atoms with Crippen molar-refractivity contribution in [3.05, 3.63) is 59.7 Å². The van der Waals surface area contributed by atoms with E-state index in [9.17, 15) is 4.79 Å². The van der Waals surface area contributed by atoms with Gasteiger partial charge >= 0.3 is 0 Å². The summed E-state index contributed by atoms with van der Waals surface area (Å²) in [6, 6.07) is 15.6. The first-order valence-electron chi connectivity index (χ1n) is 9.82. The highest BCUT2D eigenvalue weighted by Gasteiger charge is 2.31. The minimum Gasteiger partial charge on any atom is -0.497 e. The predicted molar refractivity (Wildman–Crippen MR) is 123 cm³/mol. The summed E-state index contributed by atoms with van der Waals surface area (Å²) < 4.78 is 10.6. The van der Waals surface area contributed by atoms with Crippen LogP contribution in [0.15, 0.2) is 53.5 Å². The van der Waals surface area contributed by atoms with Crippen LogP contribution < -0.4 is 9.47 Å². The van der Waals surface area contributed by atoms with Crippen molar-refractivity contribution in [1.29, 1.82) is 0 Å². The summed E-state index contributed by atoms with van der Waals surface area (Å²) in [4.78, 5) is 22.6. The number of methoxy groups -OCH3 is 2. The molecular formula is C23H25N3O3S. The van der Waals surface area contributed by atoms with Crippen LogP contribution in [0, 0.1) is 0 Å². The largest absolute Gasteiger partial charge is 0.497 e. The summed E-state index contributed by atoms with van der Waals surface area (Å²) in [5.41, 5.74) is 2.74. The zero-order chi connectivity index (χ0) is 21.1. The first-order chi connectivity index (χ1) is 14.6. The maximum Gasteiger partial charge on any atom is 0.173 e. The molecule has 1 atom stereocenters. The minimum atomic E-state index is -0.856. The molecule has 0 N–H and O–H groups in total. The lowest BCUT2D eigenvalue weighted by atomic mass is 10.1. The lowest BCUT2D eigenvalue weighted by Gasteiger charge is -2.33. The first-order valence-corrected chi connectivity index (χ1v) is 11.0. The molecular weight excluding hydrogens is 398 g/mol. The number of nitrogens with zero attached hydrogens (tertiary/aromatic N) is 3. The summed E-state index contributed by atoms with van der Waals surface area (Å²) in [6.45, 7) is 3.61. The molecule has 0 spiro atoms. The van der Waals surface area contributed by atoms with Gasteiger partial charge in [-0.05, 0) is 59.5 Å². The number of hydrogen-bond donors (Lipinski definition) is 0. The van der Waals surface area contributed by atoms with Crippen LogP contribution in [0.25, 0.3) is 10.6 Å². The molecule has 0 aliphatic carbocycles. The van der Waals surface area contributed by atoms with E-state index in [1.54, 1.807) is 14.2 Å². The van der Waals surface area contributed by atoms with Crippen molar-refractivity contribution < 1.29 is 14.3 Å². The lowest BCUT2D eigenvalue weighted by Crippen LogP contribution is -2.46. The van der Waals surface area contributed by atoms with Gasteiger partial charge in [-0.3, -0.25) is 0 Å². The maximum absolute atomic E-state index is 12.2. The third-order valence-electron chi connectivity index (χ3n) is 5.38. The van der Waals surface area contributed by atoms with Crippen LogP contribution in [0.4, 0.5) is 0 Å². The van der Waals surface area contributed by atoms with E-state index in [0.717, 1.165) is 64.6 Å². The van der Waals surface area contributed by atoms with Gasteiger partial charge in [0.15, 0.2) is 10.4 Å². The number of likely N-dealkylation sites (N-methyl/N-ethyl adjacent to an activating group) is 1. The van der Waals surface area contributed by atoms with Gasteiger partial charge in [0.25, 0.3) is 0 Å². The molecule has 0 saturated carbocycles. The molecule has 6 nitrogen and oxygen atoms in total. The van der Waals surface area contributed by atoms with Crippen LogP contribution in [0.5, 0.6) is 11.5 Å². The van der Waals surface area contributed by atoms with Crippen LogP contribution in [0.3, 0.4) is 0 Å². The standard InChI is InChI=1S/C23H25N3O3S/c1-25-12-14-26(15-13-25)23-24-21(17-4-8-19(28-2)9-5-17)22(30(23)16-27)18-6-10-20(29-3)11-7-18/h4-11H,12-15H2,1-3H3. The van der Waals surface area contributed by atoms with Crippen LogP contribution in [-0.2, 0) is 4.79 Å². The van der Waals surface area contributed by atoms with Crippen LogP contribution >= 0.6 is 10.5 Å². The van der Waals surface area contributed by atoms with Crippen molar-refractivity contribution in [2.45, 2.75) is 0 Å². The Morgan fingerprint density at radius 2 is 1.40 bits per heavy atom. The van der Waals surface area contributed by atoms with Crippen LogP contribution in [-0.4, -0.2) is 67.6 Å². The second-order valence-electron chi connectivity index (χ2n) is 7.21. The van der Waals surface area contributed by atoms with Crippen molar-refractivity contribution in [1.82, 2.24) is 9.80 Å². The molecule has 30 heavy (non-hydrogen) atoms. The quantitative estimate of drug-likeness (QED) is 0.705. The molecule has 0 bridgehead atoms. The molecule has 0 amide bonds. The average Bonchev–Trinajstić information content (AvgIpc) is 3.19. The summed E-state index contributed by atoms with van der Waals surface area (Å²) >= 11 is 0. The number of aliphatic imine (C=N–C) groups is 1. The molecule has 4 rings (SSSR count). The molecule has 2 aliphatic rings. The average molecular weight is 424 g/mol. The van der Waals surface area contributed by atoms with E-state index in [1.165, 1.54) is 0 Å². The normalized spacial score (nSPS) is 19.5. The van der Waals surface area contributed by atoms with Gasteiger partial charge in [-0.2, -0.15) is 0 Å². The summed E-state index contributed by atoms with van der Waals surface area (Å²) in [5, 5.41) is 3.11. The number of benzene rings is 2. The van der Waals surface area contributed by atoms with Gasteiger partial charge in [0.1, 0.15) is 11.5 Å². The third kappa shape index (κ3) is 3.92. The molecule has 0 aromatic heterocycles.